The Morgan fingerprint density at radius 1 is 1.27 bits per heavy atom. The first kappa shape index (κ1) is 14.5. The molecule has 3 rings (SSSR count). The van der Waals surface area contributed by atoms with Crippen molar-refractivity contribution in [3.05, 3.63) is 64.2 Å². The molecule has 22 heavy (non-hydrogen) atoms. The van der Waals surface area contributed by atoms with Crippen molar-refractivity contribution in [1.82, 2.24) is 4.68 Å². The van der Waals surface area contributed by atoms with Gasteiger partial charge in [0, 0.05) is 17.5 Å². The van der Waals surface area contributed by atoms with E-state index in [1.54, 1.807) is 29.1 Å². The number of aromatic nitrogens is 1. The minimum Gasteiger partial charge on any atom is -0.463 e. The van der Waals surface area contributed by atoms with Crippen LogP contribution in [0.3, 0.4) is 0 Å². The lowest BCUT2D eigenvalue weighted by molar-refractivity contribution is 0.575. The van der Waals surface area contributed by atoms with Crippen LogP contribution in [0, 0.1) is 5.82 Å². The van der Waals surface area contributed by atoms with Crippen LogP contribution in [0.4, 0.5) is 4.39 Å². The summed E-state index contributed by atoms with van der Waals surface area (Å²) in [6, 6.07) is 10.2. The van der Waals surface area contributed by atoms with Crippen molar-refractivity contribution in [2.45, 2.75) is 6.92 Å². The smallest absolute Gasteiger partial charge is 0.206 e. The van der Waals surface area contributed by atoms with Gasteiger partial charge in [-0.2, -0.15) is 5.10 Å². The average Bonchev–Trinajstić information content (AvgIpc) is 3.16. The second kappa shape index (κ2) is 6.53. The van der Waals surface area contributed by atoms with Gasteiger partial charge in [0.05, 0.1) is 12.5 Å². The van der Waals surface area contributed by atoms with Gasteiger partial charge in [0.1, 0.15) is 11.5 Å². The predicted octanol–water partition coefficient (Wildman–Crippen LogP) is 3.75. The summed E-state index contributed by atoms with van der Waals surface area (Å²) in [6.45, 7) is 2.60. The van der Waals surface area contributed by atoms with E-state index in [1.165, 1.54) is 23.6 Å². The van der Waals surface area contributed by atoms with Gasteiger partial charge >= 0.3 is 0 Å². The summed E-state index contributed by atoms with van der Waals surface area (Å²) in [7, 11) is 0. The number of nitrogens with zero attached hydrogens (tertiary/aromatic N) is 3. The predicted molar refractivity (Wildman–Crippen MR) is 85.5 cm³/mol. The molecule has 0 saturated carbocycles. The summed E-state index contributed by atoms with van der Waals surface area (Å²) in [5, 5.41) is 6.30. The fraction of sp³-hybridized carbons (Fsp3) is 0.125. The van der Waals surface area contributed by atoms with E-state index in [2.05, 4.69) is 10.1 Å². The molecular formula is C16H14FN3OS. The Kier molecular flexibility index (Phi) is 4.29. The number of rotatable bonds is 4. The third kappa shape index (κ3) is 2.92. The molecule has 0 saturated heterocycles. The van der Waals surface area contributed by atoms with Crippen LogP contribution in [0.25, 0.3) is 11.5 Å². The molecule has 0 N–H and O–H groups in total. The molecule has 1 aromatic carbocycles. The van der Waals surface area contributed by atoms with E-state index in [0.717, 1.165) is 10.5 Å². The highest BCUT2D eigenvalue weighted by atomic mass is 32.1. The largest absolute Gasteiger partial charge is 0.463 e. The van der Waals surface area contributed by atoms with Crippen LogP contribution >= 0.6 is 11.3 Å². The normalized spacial score (nSPS) is 12.4. The van der Waals surface area contributed by atoms with E-state index in [0.29, 0.717) is 17.9 Å². The summed E-state index contributed by atoms with van der Waals surface area (Å²) in [5.41, 5.74) is 1.21. The van der Waals surface area contributed by atoms with E-state index in [-0.39, 0.29) is 5.82 Å². The highest BCUT2D eigenvalue weighted by Gasteiger charge is 2.09. The Bertz CT molecular complexity index is 846. The van der Waals surface area contributed by atoms with E-state index in [4.69, 9.17) is 4.42 Å². The summed E-state index contributed by atoms with van der Waals surface area (Å²) in [5.74, 6) is 0.384. The van der Waals surface area contributed by atoms with E-state index >= 15 is 0 Å². The number of thiazole rings is 1. The summed E-state index contributed by atoms with van der Waals surface area (Å²) in [6.07, 6.45) is 3.09. The lowest BCUT2D eigenvalue weighted by Crippen LogP contribution is -2.12. The van der Waals surface area contributed by atoms with Crippen LogP contribution in [0.5, 0.6) is 0 Å². The summed E-state index contributed by atoms with van der Waals surface area (Å²) < 4.78 is 20.8. The highest BCUT2D eigenvalue weighted by molar-refractivity contribution is 7.07. The van der Waals surface area contributed by atoms with Crippen molar-refractivity contribution >= 4 is 17.6 Å². The van der Waals surface area contributed by atoms with Crippen LogP contribution in [0.15, 0.2) is 62.6 Å². The number of hydrogen-bond acceptors (Lipinski definition) is 4. The van der Waals surface area contributed by atoms with Crippen molar-refractivity contribution in [3.8, 4) is 11.5 Å². The van der Waals surface area contributed by atoms with Crippen LogP contribution in [0.1, 0.15) is 12.5 Å². The molecule has 0 atom stereocenters. The molecule has 6 heteroatoms. The van der Waals surface area contributed by atoms with Gasteiger partial charge in [-0.15, -0.1) is 11.3 Å². The van der Waals surface area contributed by atoms with Crippen molar-refractivity contribution in [2.24, 2.45) is 10.1 Å². The van der Waals surface area contributed by atoms with Gasteiger partial charge in [-0.25, -0.2) is 9.07 Å². The molecule has 3 aromatic rings. The van der Waals surface area contributed by atoms with Gasteiger partial charge in [-0.3, -0.25) is 4.99 Å². The first-order chi connectivity index (χ1) is 10.8. The first-order valence-electron chi connectivity index (χ1n) is 6.83. The van der Waals surface area contributed by atoms with E-state index in [1.807, 2.05) is 24.4 Å². The minimum absolute atomic E-state index is 0.310. The first-order valence-corrected chi connectivity index (χ1v) is 7.71. The third-order valence-electron chi connectivity index (χ3n) is 2.97. The zero-order valence-electron chi connectivity index (χ0n) is 11.9. The topological polar surface area (TPSA) is 42.8 Å². The molecule has 0 aliphatic heterocycles. The van der Waals surface area contributed by atoms with Crippen molar-refractivity contribution in [3.63, 3.8) is 0 Å². The molecule has 0 spiro atoms. The van der Waals surface area contributed by atoms with Gasteiger partial charge in [0.15, 0.2) is 5.76 Å². The molecule has 0 amide bonds. The van der Waals surface area contributed by atoms with Gasteiger partial charge in [0.2, 0.25) is 4.80 Å². The summed E-state index contributed by atoms with van der Waals surface area (Å²) >= 11 is 1.47. The second-order valence-electron chi connectivity index (χ2n) is 4.43. The molecular weight excluding hydrogens is 301 g/mol. The third-order valence-corrected chi connectivity index (χ3v) is 3.82. The molecule has 2 aromatic heterocycles. The Hall–Kier alpha value is -2.47. The second-order valence-corrected chi connectivity index (χ2v) is 5.27. The number of furan rings is 1. The Labute approximate surface area is 130 Å². The zero-order valence-corrected chi connectivity index (χ0v) is 12.8. The zero-order chi connectivity index (χ0) is 15.4. The molecule has 112 valence electrons. The molecule has 0 unspecified atom stereocenters. The van der Waals surface area contributed by atoms with E-state index in [9.17, 15) is 4.39 Å². The molecule has 0 aliphatic carbocycles. The number of halogens is 1. The van der Waals surface area contributed by atoms with Crippen molar-refractivity contribution in [2.75, 3.05) is 6.54 Å². The number of benzene rings is 1. The van der Waals surface area contributed by atoms with Crippen LogP contribution < -0.4 is 4.80 Å². The summed E-state index contributed by atoms with van der Waals surface area (Å²) in [4.78, 5) is 5.14. The van der Waals surface area contributed by atoms with Gasteiger partial charge in [-0.05, 0) is 25.1 Å². The van der Waals surface area contributed by atoms with E-state index < -0.39 is 0 Å². The molecule has 4 nitrogen and oxygen atoms in total. The maximum Gasteiger partial charge on any atom is 0.206 e. The highest BCUT2D eigenvalue weighted by Crippen LogP contribution is 2.20. The molecule has 0 aliphatic rings. The average molecular weight is 315 g/mol. The van der Waals surface area contributed by atoms with Crippen molar-refractivity contribution < 1.29 is 8.81 Å². The Morgan fingerprint density at radius 2 is 2.14 bits per heavy atom. The standard InChI is InChI=1S/C16H14FN3OS/c1-2-18-16-20(14(11-22-16)15-8-5-9-21-15)19-10-12-6-3-4-7-13(12)17/h3-11H,2H2,1H3. The lowest BCUT2D eigenvalue weighted by Gasteiger charge is -2.00. The quantitative estimate of drug-likeness (QED) is 0.676. The fourth-order valence-corrected chi connectivity index (χ4v) is 2.83. The monoisotopic (exact) mass is 315 g/mol. The lowest BCUT2D eigenvalue weighted by atomic mass is 10.2. The maximum atomic E-state index is 13.7. The molecule has 2 heterocycles. The van der Waals surface area contributed by atoms with Crippen LogP contribution in [-0.4, -0.2) is 17.4 Å². The fourth-order valence-electron chi connectivity index (χ4n) is 1.95. The Morgan fingerprint density at radius 3 is 2.86 bits per heavy atom. The van der Waals surface area contributed by atoms with Gasteiger partial charge in [0.25, 0.3) is 0 Å². The van der Waals surface area contributed by atoms with Crippen LogP contribution in [-0.2, 0) is 0 Å². The molecule has 0 radical (unpaired) electrons. The minimum atomic E-state index is -0.310. The van der Waals surface area contributed by atoms with Gasteiger partial charge < -0.3 is 4.42 Å². The Balaban J connectivity index is 2.07. The van der Waals surface area contributed by atoms with Crippen LogP contribution in [0.2, 0.25) is 0 Å². The number of hydrogen-bond donors (Lipinski definition) is 0. The maximum absolute atomic E-state index is 13.7. The molecule has 0 bridgehead atoms. The van der Waals surface area contributed by atoms with Gasteiger partial charge in [-0.1, -0.05) is 18.2 Å². The molecule has 0 fully saturated rings. The SMILES string of the molecule is CCN=c1scc(-c2ccco2)n1N=Cc1ccccc1F. The van der Waals surface area contributed by atoms with Crippen molar-refractivity contribution in [1.29, 1.82) is 0 Å².